The first-order chi connectivity index (χ1) is 6.56. The predicted molar refractivity (Wildman–Crippen MR) is 57.7 cm³/mol. The Morgan fingerprint density at radius 1 is 1.57 bits per heavy atom. The Morgan fingerprint density at radius 2 is 2.21 bits per heavy atom. The van der Waals surface area contributed by atoms with Crippen molar-refractivity contribution < 1.29 is 4.79 Å². The van der Waals surface area contributed by atoms with Gasteiger partial charge in [0.05, 0.1) is 0 Å². The van der Waals surface area contributed by atoms with Crippen LogP contribution < -0.4 is 5.73 Å². The van der Waals surface area contributed by atoms with Gasteiger partial charge in [-0.15, -0.1) is 0 Å². The van der Waals surface area contributed by atoms with Crippen LogP contribution >= 0.6 is 0 Å². The lowest BCUT2D eigenvalue weighted by Gasteiger charge is -2.26. The molecule has 0 aromatic carbocycles. The highest BCUT2D eigenvalue weighted by molar-refractivity contribution is 5.78. The average Bonchev–Trinajstić information content (AvgIpc) is 2.42. The molecule has 0 aromatic rings. The van der Waals surface area contributed by atoms with Crippen LogP contribution in [0.2, 0.25) is 0 Å². The zero-order valence-electron chi connectivity index (χ0n) is 9.49. The minimum absolute atomic E-state index is 0.290. The molecular formula is C11H22N2O. The number of nitrogens with zero attached hydrogens (tertiary/aromatic N) is 1. The standard InChI is InChI=1S/C11H22N2O/c1-8(2)10(4-5-12)9-6-11(14)13(3)7-9/h8-10H,4-7,12H2,1-3H3. The number of rotatable bonds is 4. The summed E-state index contributed by atoms with van der Waals surface area (Å²) >= 11 is 0. The maximum absolute atomic E-state index is 11.4. The molecule has 0 bridgehead atoms. The summed E-state index contributed by atoms with van der Waals surface area (Å²) in [7, 11) is 1.89. The molecule has 2 N–H and O–H groups in total. The van der Waals surface area contributed by atoms with Gasteiger partial charge in [0.2, 0.25) is 5.91 Å². The van der Waals surface area contributed by atoms with Gasteiger partial charge >= 0.3 is 0 Å². The van der Waals surface area contributed by atoms with Gasteiger partial charge in [0.25, 0.3) is 0 Å². The molecule has 0 aromatic heterocycles. The van der Waals surface area contributed by atoms with Gasteiger partial charge in [0.15, 0.2) is 0 Å². The van der Waals surface area contributed by atoms with Crippen LogP contribution in [0.25, 0.3) is 0 Å². The van der Waals surface area contributed by atoms with Crippen molar-refractivity contribution in [3.05, 3.63) is 0 Å². The van der Waals surface area contributed by atoms with E-state index < -0.39 is 0 Å². The van der Waals surface area contributed by atoms with Gasteiger partial charge in [-0.2, -0.15) is 0 Å². The third-order valence-corrected chi connectivity index (χ3v) is 3.33. The first-order valence-corrected chi connectivity index (χ1v) is 5.50. The first kappa shape index (κ1) is 11.5. The number of carbonyl (C=O) groups is 1. The highest BCUT2D eigenvalue weighted by atomic mass is 16.2. The summed E-state index contributed by atoms with van der Waals surface area (Å²) in [5.41, 5.74) is 5.61. The van der Waals surface area contributed by atoms with Crippen molar-refractivity contribution in [2.75, 3.05) is 20.1 Å². The molecule has 1 rings (SSSR count). The minimum atomic E-state index is 0.290. The van der Waals surface area contributed by atoms with E-state index in [-0.39, 0.29) is 5.91 Å². The van der Waals surface area contributed by atoms with Gasteiger partial charge < -0.3 is 10.6 Å². The Balaban J connectivity index is 2.57. The van der Waals surface area contributed by atoms with Crippen LogP contribution in [0.5, 0.6) is 0 Å². The summed E-state index contributed by atoms with van der Waals surface area (Å²) in [6.07, 6.45) is 1.77. The molecule has 1 amide bonds. The summed E-state index contributed by atoms with van der Waals surface area (Å²) in [5.74, 6) is 2.05. The Morgan fingerprint density at radius 3 is 2.57 bits per heavy atom. The largest absolute Gasteiger partial charge is 0.345 e. The molecule has 82 valence electrons. The van der Waals surface area contributed by atoms with Crippen molar-refractivity contribution in [3.8, 4) is 0 Å². The van der Waals surface area contributed by atoms with Gasteiger partial charge in [-0.3, -0.25) is 4.79 Å². The number of nitrogens with two attached hydrogens (primary N) is 1. The fourth-order valence-electron chi connectivity index (χ4n) is 2.49. The van der Waals surface area contributed by atoms with Crippen molar-refractivity contribution in [1.29, 1.82) is 0 Å². The SMILES string of the molecule is CC(C)C(CCN)C1CC(=O)N(C)C1. The van der Waals surface area contributed by atoms with Crippen LogP contribution in [0, 0.1) is 17.8 Å². The smallest absolute Gasteiger partial charge is 0.222 e. The molecular weight excluding hydrogens is 176 g/mol. The van der Waals surface area contributed by atoms with Gasteiger partial charge in [0, 0.05) is 20.0 Å². The van der Waals surface area contributed by atoms with E-state index in [1.165, 1.54) is 0 Å². The third kappa shape index (κ3) is 2.47. The molecule has 1 saturated heterocycles. The van der Waals surface area contributed by atoms with Gasteiger partial charge in [-0.05, 0) is 30.7 Å². The molecule has 1 aliphatic heterocycles. The summed E-state index contributed by atoms with van der Waals surface area (Å²) in [6.45, 7) is 6.10. The Hall–Kier alpha value is -0.570. The zero-order valence-corrected chi connectivity index (χ0v) is 9.49. The van der Waals surface area contributed by atoms with Crippen molar-refractivity contribution in [3.63, 3.8) is 0 Å². The topological polar surface area (TPSA) is 46.3 Å². The van der Waals surface area contributed by atoms with E-state index in [1.807, 2.05) is 11.9 Å². The van der Waals surface area contributed by atoms with Gasteiger partial charge in [0.1, 0.15) is 0 Å². The molecule has 1 fully saturated rings. The van der Waals surface area contributed by atoms with Crippen LogP contribution in [0.3, 0.4) is 0 Å². The molecule has 0 spiro atoms. The minimum Gasteiger partial charge on any atom is -0.345 e. The van der Waals surface area contributed by atoms with E-state index in [9.17, 15) is 4.79 Å². The lowest BCUT2D eigenvalue weighted by atomic mass is 9.80. The third-order valence-electron chi connectivity index (χ3n) is 3.33. The molecule has 1 heterocycles. The van der Waals surface area contributed by atoms with Crippen LogP contribution in [0.1, 0.15) is 26.7 Å². The molecule has 0 saturated carbocycles. The van der Waals surface area contributed by atoms with Crippen LogP contribution in [-0.2, 0) is 4.79 Å². The maximum atomic E-state index is 11.4. The summed E-state index contributed by atoms with van der Waals surface area (Å²) in [6, 6.07) is 0. The molecule has 3 heteroatoms. The zero-order chi connectivity index (χ0) is 10.7. The van der Waals surface area contributed by atoms with Crippen molar-refractivity contribution >= 4 is 5.91 Å². The Labute approximate surface area is 86.6 Å². The van der Waals surface area contributed by atoms with Crippen LogP contribution in [-0.4, -0.2) is 30.9 Å². The lowest BCUT2D eigenvalue weighted by molar-refractivity contribution is -0.126. The second-order valence-corrected chi connectivity index (χ2v) is 4.72. The number of hydrogen-bond acceptors (Lipinski definition) is 2. The van der Waals surface area contributed by atoms with Gasteiger partial charge in [-0.25, -0.2) is 0 Å². The van der Waals surface area contributed by atoms with E-state index in [0.717, 1.165) is 25.9 Å². The van der Waals surface area contributed by atoms with Crippen molar-refractivity contribution in [2.45, 2.75) is 26.7 Å². The number of amides is 1. The maximum Gasteiger partial charge on any atom is 0.222 e. The number of carbonyl (C=O) groups excluding carboxylic acids is 1. The molecule has 0 aliphatic carbocycles. The summed E-state index contributed by atoms with van der Waals surface area (Å²) in [4.78, 5) is 13.3. The highest BCUT2D eigenvalue weighted by Gasteiger charge is 2.33. The monoisotopic (exact) mass is 198 g/mol. The van der Waals surface area contributed by atoms with E-state index >= 15 is 0 Å². The van der Waals surface area contributed by atoms with E-state index in [2.05, 4.69) is 13.8 Å². The normalized spacial score (nSPS) is 24.8. The van der Waals surface area contributed by atoms with E-state index in [1.54, 1.807) is 0 Å². The Kier molecular flexibility index (Phi) is 3.93. The average molecular weight is 198 g/mol. The fourth-order valence-corrected chi connectivity index (χ4v) is 2.49. The molecule has 2 atom stereocenters. The van der Waals surface area contributed by atoms with Crippen LogP contribution in [0.15, 0.2) is 0 Å². The van der Waals surface area contributed by atoms with E-state index in [4.69, 9.17) is 5.73 Å². The van der Waals surface area contributed by atoms with Crippen LogP contribution in [0.4, 0.5) is 0 Å². The number of hydrogen-bond donors (Lipinski definition) is 1. The van der Waals surface area contributed by atoms with Crippen molar-refractivity contribution in [1.82, 2.24) is 4.90 Å². The number of likely N-dealkylation sites (tertiary alicyclic amines) is 1. The van der Waals surface area contributed by atoms with Crippen molar-refractivity contribution in [2.24, 2.45) is 23.5 Å². The summed E-state index contributed by atoms with van der Waals surface area (Å²) in [5, 5.41) is 0. The highest BCUT2D eigenvalue weighted by Crippen LogP contribution is 2.31. The molecule has 1 aliphatic rings. The first-order valence-electron chi connectivity index (χ1n) is 5.50. The second-order valence-electron chi connectivity index (χ2n) is 4.72. The van der Waals surface area contributed by atoms with E-state index in [0.29, 0.717) is 17.8 Å². The summed E-state index contributed by atoms with van der Waals surface area (Å²) < 4.78 is 0. The molecule has 14 heavy (non-hydrogen) atoms. The second kappa shape index (κ2) is 4.78. The van der Waals surface area contributed by atoms with Gasteiger partial charge in [-0.1, -0.05) is 13.8 Å². The molecule has 0 radical (unpaired) electrons. The molecule has 2 unspecified atom stereocenters. The predicted octanol–water partition coefficient (Wildman–Crippen LogP) is 1.09. The quantitative estimate of drug-likeness (QED) is 0.735. The molecule has 3 nitrogen and oxygen atoms in total. The fraction of sp³-hybridized carbons (Fsp3) is 0.909. The lowest BCUT2D eigenvalue weighted by Crippen LogP contribution is -2.26. The Bertz CT molecular complexity index is 203.